The van der Waals surface area contributed by atoms with Gasteiger partial charge in [0.1, 0.15) is 0 Å². The van der Waals surface area contributed by atoms with Crippen molar-refractivity contribution >= 4 is 13.4 Å². The molecular formula is C6H7N2O3P. The first-order valence-corrected chi connectivity index (χ1v) is 4.68. The zero-order valence-corrected chi connectivity index (χ0v) is 6.93. The van der Waals surface area contributed by atoms with Crippen LogP contribution in [0.25, 0.3) is 0 Å². The monoisotopic (exact) mass is 186 g/mol. The average molecular weight is 186 g/mol. The summed E-state index contributed by atoms with van der Waals surface area (Å²) in [7, 11) is -4.37. The van der Waals surface area contributed by atoms with Gasteiger partial charge in [-0.05, 0) is 12.1 Å². The molecule has 0 saturated heterocycles. The summed E-state index contributed by atoms with van der Waals surface area (Å²) in [5.41, 5.74) is 0.417. The summed E-state index contributed by atoms with van der Waals surface area (Å²) in [5.74, 6) is 0. The lowest BCUT2D eigenvalue weighted by Crippen LogP contribution is -1.67. The number of rotatable bonds is 2. The second-order valence-corrected chi connectivity index (χ2v) is 3.24. The van der Waals surface area contributed by atoms with Crippen molar-refractivity contribution in [1.29, 1.82) is 0 Å². The maximum atomic E-state index is 10.2. The Morgan fingerprint density at radius 1 is 1.17 bits per heavy atom. The second-order valence-electron chi connectivity index (χ2n) is 2.04. The van der Waals surface area contributed by atoms with Crippen LogP contribution < -0.4 is 0 Å². The van der Waals surface area contributed by atoms with Gasteiger partial charge in [-0.25, -0.2) is 4.57 Å². The maximum absolute atomic E-state index is 10.2. The Morgan fingerprint density at radius 2 is 1.75 bits per heavy atom. The number of benzene rings is 1. The molecule has 0 spiro atoms. The van der Waals surface area contributed by atoms with Crippen molar-refractivity contribution in [3.63, 3.8) is 0 Å². The minimum Gasteiger partial charge on any atom is -0.306 e. The van der Waals surface area contributed by atoms with Crippen molar-refractivity contribution in [3.05, 3.63) is 30.3 Å². The van der Waals surface area contributed by atoms with Gasteiger partial charge in [0.2, 0.25) is 0 Å². The van der Waals surface area contributed by atoms with E-state index in [-0.39, 0.29) is 0 Å². The first kappa shape index (κ1) is 9.06. The summed E-state index contributed by atoms with van der Waals surface area (Å²) < 4.78 is 10.2. The molecule has 0 aliphatic rings. The molecule has 1 aromatic rings. The molecule has 6 heteroatoms. The van der Waals surface area contributed by atoms with Crippen LogP contribution in [-0.4, -0.2) is 9.79 Å². The summed E-state index contributed by atoms with van der Waals surface area (Å²) in [5, 5.41) is 3.34. The van der Waals surface area contributed by atoms with Gasteiger partial charge < -0.3 is 9.79 Å². The van der Waals surface area contributed by atoms with Crippen molar-refractivity contribution in [2.75, 3.05) is 0 Å². The molecule has 0 fully saturated rings. The zero-order valence-electron chi connectivity index (χ0n) is 6.03. The highest BCUT2D eigenvalue weighted by molar-refractivity contribution is 7.50. The van der Waals surface area contributed by atoms with Crippen LogP contribution in [0.15, 0.2) is 40.3 Å². The van der Waals surface area contributed by atoms with Gasteiger partial charge in [0.15, 0.2) is 0 Å². The molecule has 0 saturated carbocycles. The lowest BCUT2D eigenvalue weighted by Gasteiger charge is -1.92. The summed E-state index contributed by atoms with van der Waals surface area (Å²) in [4.78, 5) is 19.5. The van der Waals surface area contributed by atoms with E-state index in [1.807, 2.05) is 0 Å². The normalized spacial score (nSPS) is 12.2. The van der Waals surface area contributed by atoms with Crippen LogP contribution in [0.2, 0.25) is 0 Å². The fourth-order valence-corrected chi connectivity index (χ4v) is 0.824. The van der Waals surface area contributed by atoms with Crippen LogP contribution in [-0.2, 0) is 4.57 Å². The molecule has 1 rings (SSSR count). The predicted octanol–water partition coefficient (Wildman–Crippen LogP) is 1.86. The summed E-state index contributed by atoms with van der Waals surface area (Å²) in [6.45, 7) is 0. The van der Waals surface area contributed by atoms with Gasteiger partial charge in [0.05, 0.1) is 5.69 Å². The van der Waals surface area contributed by atoms with Crippen LogP contribution in [0.5, 0.6) is 0 Å². The van der Waals surface area contributed by atoms with E-state index >= 15 is 0 Å². The molecule has 0 bridgehead atoms. The van der Waals surface area contributed by atoms with E-state index in [1.54, 1.807) is 30.3 Å². The van der Waals surface area contributed by atoms with Gasteiger partial charge >= 0.3 is 7.75 Å². The molecule has 0 radical (unpaired) electrons. The van der Waals surface area contributed by atoms with Crippen molar-refractivity contribution in [2.45, 2.75) is 0 Å². The fourth-order valence-electron chi connectivity index (χ4n) is 0.605. The Morgan fingerprint density at radius 3 is 2.25 bits per heavy atom. The van der Waals surface area contributed by atoms with Crippen molar-refractivity contribution in [2.24, 2.45) is 10.00 Å². The Hall–Kier alpha value is -1.03. The second kappa shape index (κ2) is 3.58. The molecule has 64 valence electrons. The van der Waals surface area contributed by atoms with Crippen molar-refractivity contribution < 1.29 is 14.4 Å². The van der Waals surface area contributed by atoms with E-state index in [9.17, 15) is 4.57 Å². The van der Waals surface area contributed by atoms with Crippen LogP contribution in [0.1, 0.15) is 0 Å². The molecule has 1 aromatic carbocycles. The quantitative estimate of drug-likeness (QED) is 0.546. The molecule has 0 aliphatic carbocycles. The molecule has 0 aromatic heterocycles. The third-order valence-electron chi connectivity index (χ3n) is 1.03. The molecule has 0 unspecified atom stereocenters. The van der Waals surface area contributed by atoms with Gasteiger partial charge in [-0.3, -0.25) is 0 Å². The standard InChI is InChI=1S/C6H7N2O3P/c9-12(10,11)8-7-6-4-2-1-3-5-6/h1-5H,(H2,9,10,11). The van der Waals surface area contributed by atoms with Gasteiger partial charge in [-0.1, -0.05) is 23.1 Å². The maximum Gasteiger partial charge on any atom is 0.466 e. The van der Waals surface area contributed by atoms with Crippen molar-refractivity contribution in [1.82, 2.24) is 0 Å². The largest absolute Gasteiger partial charge is 0.466 e. The Labute approximate surface area is 69.0 Å². The fraction of sp³-hybridized carbons (Fsp3) is 0. The van der Waals surface area contributed by atoms with Gasteiger partial charge in [0.25, 0.3) is 0 Å². The summed E-state index contributed by atoms with van der Waals surface area (Å²) in [6, 6.07) is 8.37. The predicted molar refractivity (Wildman–Crippen MR) is 43.0 cm³/mol. The summed E-state index contributed by atoms with van der Waals surface area (Å²) >= 11 is 0. The first-order chi connectivity index (χ1) is 5.58. The van der Waals surface area contributed by atoms with E-state index in [0.717, 1.165) is 0 Å². The van der Waals surface area contributed by atoms with E-state index in [2.05, 4.69) is 10.00 Å². The van der Waals surface area contributed by atoms with Gasteiger partial charge in [-0.2, -0.15) is 0 Å². The zero-order chi connectivity index (χ0) is 9.03. The van der Waals surface area contributed by atoms with Crippen LogP contribution in [0.4, 0.5) is 5.69 Å². The molecule has 0 amide bonds. The Bertz CT molecular complexity index is 319. The topological polar surface area (TPSA) is 82.2 Å². The molecule has 0 heterocycles. The third-order valence-corrected chi connectivity index (χ3v) is 1.36. The lowest BCUT2D eigenvalue weighted by atomic mass is 10.3. The summed E-state index contributed by atoms with van der Waals surface area (Å²) in [6.07, 6.45) is 0. The van der Waals surface area contributed by atoms with E-state index in [4.69, 9.17) is 9.79 Å². The van der Waals surface area contributed by atoms with Crippen LogP contribution >= 0.6 is 7.75 Å². The number of nitrogens with zero attached hydrogens (tertiary/aromatic N) is 2. The van der Waals surface area contributed by atoms with Crippen LogP contribution in [0, 0.1) is 0 Å². The SMILES string of the molecule is O=P(O)(O)N=Nc1ccccc1. The number of hydrogen-bond acceptors (Lipinski definition) is 2. The highest BCUT2D eigenvalue weighted by Crippen LogP contribution is 2.37. The van der Waals surface area contributed by atoms with E-state index in [1.165, 1.54) is 0 Å². The van der Waals surface area contributed by atoms with Crippen LogP contribution in [0.3, 0.4) is 0 Å². The van der Waals surface area contributed by atoms with Gasteiger partial charge in [0, 0.05) is 0 Å². The van der Waals surface area contributed by atoms with Gasteiger partial charge in [-0.15, -0.1) is 5.11 Å². The minimum atomic E-state index is -4.37. The molecule has 0 atom stereocenters. The highest BCUT2D eigenvalue weighted by Gasteiger charge is 2.08. The lowest BCUT2D eigenvalue weighted by molar-refractivity contribution is 0.372. The third kappa shape index (κ3) is 3.39. The molecular weight excluding hydrogens is 179 g/mol. The van der Waals surface area contributed by atoms with Crippen molar-refractivity contribution in [3.8, 4) is 0 Å². The molecule has 12 heavy (non-hydrogen) atoms. The van der Waals surface area contributed by atoms with E-state index in [0.29, 0.717) is 5.69 Å². The smallest absolute Gasteiger partial charge is 0.306 e. The first-order valence-electron chi connectivity index (χ1n) is 3.12. The Kier molecular flexibility index (Phi) is 2.70. The molecule has 5 nitrogen and oxygen atoms in total. The molecule has 0 aliphatic heterocycles. The highest BCUT2D eigenvalue weighted by atomic mass is 31.2. The van der Waals surface area contributed by atoms with E-state index < -0.39 is 7.75 Å². The minimum absolute atomic E-state index is 0.417. The average Bonchev–Trinajstić information content (AvgIpc) is 2.02. The molecule has 2 N–H and O–H groups in total. The number of hydrogen-bond donors (Lipinski definition) is 2. The Balaban J connectivity index is 2.78.